The highest BCUT2D eigenvalue weighted by Crippen LogP contribution is 2.15. The molecule has 1 fully saturated rings. The van der Waals surface area contributed by atoms with Crippen LogP contribution in [-0.4, -0.2) is 47.1 Å². The number of rotatable bonds is 3. The molecule has 0 aliphatic carbocycles. The molecular formula is C14H15N3O4. The second kappa shape index (κ2) is 5.35. The van der Waals surface area contributed by atoms with Crippen molar-refractivity contribution in [2.75, 3.05) is 18.9 Å². The fourth-order valence-corrected chi connectivity index (χ4v) is 1.92. The molecule has 1 aromatic carbocycles. The Morgan fingerprint density at radius 1 is 1.10 bits per heavy atom. The van der Waals surface area contributed by atoms with Crippen LogP contribution in [0, 0.1) is 13.8 Å². The average Bonchev–Trinajstić information content (AvgIpc) is 2.61. The van der Waals surface area contributed by atoms with Gasteiger partial charge in [0.1, 0.15) is 6.54 Å². The van der Waals surface area contributed by atoms with Crippen molar-refractivity contribution in [1.29, 1.82) is 0 Å². The van der Waals surface area contributed by atoms with E-state index in [1.54, 1.807) is 12.1 Å². The highest BCUT2D eigenvalue weighted by Gasteiger charge is 2.42. The summed E-state index contributed by atoms with van der Waals surface area (Å²) in [7, 11) is 1.20. The molecule has 1 heterocycles. The summed E-state index contributed by atoms with van der Waals surface area (Å²) in [6, 6.07) is 4.58. The smallest absolute Gasteiger partial charge is 0.325 e. The molecule has 110 valence electrons. The fraction of sp³-hybridized carbons (Fsp3) is 0.286. The van der Waals surface area contributed by atoms with Crippen molar-refractivity contribution in [3.8, 4) is 0 Å². The zero-order valence-electron chi connectivity index (χ0n) is 12.0. The van der Waals surface area contributed by atoms with Gasteiger partial charge in [-0.2, -0.15) is 0 Å². The first-order chi connectivity index (χ1) is 9.81. The maximum absolute atomic E-state index is 11.9. The van der Waals surface area contributed by atoms with Crippen molar-refractivity contribution in [3.05, 3.63) is 29.3 Å². The Morgan fingerprint density at radius 2 is 1.76 bits per heavy atom. The lowest BCUT2D eigenvalue weighted by Gasteiger charge is -2.13. The molecule has 0 saturated carbocycles. The SMILES string of the molecule is Cc1ccc(NC(=O)CN2C(=O)C(=O)N(C)C2=O)cc1C. The van der Waals surface area contributed by atoms with Crippen molar-refractivity contribution >= 4 is 29.4 Å². The number of benzene rings is 1. The molecule has 7 heteroatoms. The van der Waals surface area contributed by atoms with Gasteiger partial charge >= 0.3 is 17.8 Å². The molecule has 0 spiro atoms. The molecule has 0 radical (unpaired) electrons. The van der Waals surface area contributed by atoms with Crippen LogP contribution in [0.1, 0.15) is 11.1 Å². The van der Waals surface area contributed by atoms with Gasteiger partial charge < -0.3 is 5.32 Å². The summed E-state index contributed by atoms with van der Waals surface area (Å²) in [5, 5.41) is 2.59. The number of urea groups is 1. The molecule has 0 unspecified atom stereocenters. The average molecular weight is 289 g/mol. The molecular weight excluding hydrogens is 274 g/mol. The highest BCUT2D eigenvalue weighted by atomic mass is 16.2. The van der Waals surface area contributed by atoms with Crippen LogP contribution >= 0.6 is 0 Å². The number of anilines is 1. The van der Waals surface area contributed by atoms with Crippen LogP contribution in [0.5, 0.6) is 0 Å². The lowest BCUT2D eigenvalue weighted by Crippen LogP contribution is -2.38. The van der Waals surface area contributed by atoms with Crippen LogP contribution in [0.3, 0.4) is 0 Å². The van der Waals surface area contributed by atoms with Gasteiger partial charge in [-0.1, -0.05) is 6.07 Å². The maximum Gasteiger partial charge on any atom is 0.334 e. The molecule has 1 aliphatic rings. The predicted octanol–water partition coefficient (Wildman–Crippen LogP) is 0.663. The van der Waals surface area contributed by atoms with Gasteiger partial charge in [0.05, 0.1) is 0 Å². The first kappa shape index (κ1) is 14.7. The zero-order valence-corrected chi connectivity index (χ0v) is 12.0. The lowest BCUT2D eigenvalue weighted by atomic mass is 10.1. The van der Waals surface area contributed by atoms with Crippen molar-refractivity contribution in [1.82, 2.24) is 9.80 Å². The number of carbonyl (C=O) groups is 4. The zero-order chi connectivity index (χ0) is 15.7. The summed E-state index contributed by atoms with van der Waals surface area (Å²) in [4.78, 5) is 47.7. The molecule has 5 amide bonds. The fourth-order valence-electron chi connectivity index (χ4n) is 1.92. The van der Waals surface area contributed by atoms with Crippen molar-refractivity contribution in [2.45, 2.75) is 13.8 Å². The summed E-state index contributed by atoms with van der Waals surface area (Å²) in [6.45, 7) is 3.37. The quantitative estimate of drug-likeness (QED) is 0.654. The second-order valence-electron chi connectivity index (χ2n) is 4.89. The molecule has 21 heavy (non-hydrogen) atoms. The minimum absolute atomic E-state index is 0.485. The molecule has 0 bridgehead atoms. The van der Waals surface area contributed by atoms with Crippen molar-refractivity contribution < 1.29 is 19.2 Å². The standard InChI is InChI=1S/C14H15N3O4/c1-8-4-5-10(6-9(8)2)15-11(18)7-17-13(20)12(19)16(3)14(17)21/h4-6H,7H2,1-3H3,(H,15,18). The van der Waals surface area contributed by atoms with Gasteiger partial charge in [-0.25, -0.2) is 9.69 Å². The van der Waals surface area contributed by atoms with E-state index in [9.17, 15) is 19.2 Å². The number of likely N-dealkylation sites (N-methyl/N-ethyl adjacent to an activating group) is 1. The van der Waals surface area contributed by atoms with Crippen LogP contribution in [0.2, 0.25) is 0 Å². The maximum atomic E-state index is 11.9. The van der Waals surface area contributed by atoms with E-state index in [1.165, 1.54) is 7.05 Å². The minimum Gasteiger partial charge on any atom is -0.325 e. The minimum atomic E-state index is -0.988. The number of aryl methyl sites for hydroxylation is 2. The Labute approximate surface area is 121 Å². The Hall–Kier alpha value is -2.70. The normalized spacial score (nSPS) is 14.9. The van der Waals surface area contributed by atoms with Crippen LogP contribution in [0.15, 0.2) is 18.2 Å². The number of hydrogen-bond donors (Lipinski definition) is 1. The summed E-state index contributed by atoms with van der Waals surface area (Å²) >= 11 is 0. The Bertz CT molecular complexity index is 654. The Balaban J connectivity index is 2.05. The molecule has 1 aromatic rings. The van der Waals surface area contributed by atoms with Gasteiger partial charge in [0.25, 0.3) is 0 Å². The third kappa shape index (κ3) is 2.76. The number of amides is 5. The van der Waals surface area contributed by atoms with Crippen molar-refractivity contribution in [3.63, 3.8) is 0 Å². The molecule has 7 nitrogen and oxygen atoms in total. The van der Waals surface area contributed by atoms with E-state index in [2.05, 4.69) is 5.32 Å². The van der Waals surface area contributed by atoms with Gasteiger partial charge in [-0.15, -0.1) is 0 Å². The molecule has 1 N–H and O–H groups in total. The molecule has 0 aromatic heterocycles. The molecule has 2 rings (SSSR count). The number of nitrogens with one attached hydrogen (secondary N) is 1. The Morgan fingerprint density at radius 3 is 2.29 bits per heavy atom. The predicted molar refractivity (Wildman–Crippen MR) is 74.4 cm³/mol. The van der Waals surface area contributed by atoms with Crippen LogP contribution in [0.25, 0.3) is 0 Å². The number of imide groups is 2. The summed E-state index contributed by atoms with van der Waals surface area (Å²) in [5.41, 5.74) is 2.67. The van der Waals surface area contributed by atoms with Crippen LogP contribution in [-0.2, 0) is 14.4 Å². The second-order valence-corrected chi connectivity index (χ2v) is 4.89. The van der Waals surface area contributed by atoms with Gasteiger partial charge in [0, 0.05) is 12.7 Å². The van der Waals surface area contributed by atoms with Gasteiger partial charge in [-0.05, 0) is 37.1 Å². The third-order valence-corrected chi connectivity index (χ3v) is 3.34. The number of hydrogen-bond acceptors (Lipinski definition) is 4. The van der Waals surface area contributed by atoms with Crippen molar-refractivity contribution in [2.24, 2.45) is 0 Å². The first-order valence-electron chi connectivity index (χ1n) is 6.32. The first-order valence-corrected chi connectivity index (χ1v) is 6.32. The molecule has 1 aliphatic heterocycles. The van der Waals surface area contributed by atoms with Gasteiger partial charge in [0.15, 0.2) is 0 Å². The van der Waals surface area contributed by atoms with E-state index in [0.717, 1.165) is 11.1 Å². The van der Waals surface area contributed by atoms with E-state index in [-0.39, 0.29) is 0 Å². The Kier molecular flexibility index (Phi) is 3.75. The van der Waals surface area contributed by atoms with E-state index in [4.69, 9.17) is 0 Å². The van der Waals surface area contributed by atoms with E-state index in [1.807, 2.05) is 19.9 Å². The summed E-state index contributed by atoms with van der Waals surface area (Å²) < 4.78 is 0. The van der Waals surface area contributed by atoms with Crippen LogP contribution < -0.4 is 5.32 Å². The highest BCUT2D eigenvalue weighted by molar-refractivity contribution is 6.44. The third-order valence-electron chi connectivity index (χ3n) is 3.34. The summed E-state index contributed by atoms with van der Waals surface area (Å²) in [6.07, 6.45) is 0. The number of nitrogens with zero attached hydrogens (tertiary/aromatic N) is 2. The molecule has 1 saturated heterocycles. The molecule has 0 atom stereocenters. The monoisotopic (exact) mass is 289 g/mol. The lowest BCUT2D eigenvalue weighted by molar-refractivity contribution is -0.143. The summed E-state index contributed by atoms with van der Waals surface area (Å²) in [5.74, 6) is -2.46. The topological polar surface area (TPSA) is 86.8 Å². The van der Waals surface area contributed by atoms with Gasteiger partial charge in [-0.3, -0.25) is 19.3 Å². The van der Waals surface area contributed by atoms with E-state index < -0.39 is 30.3 Å². The van der Waals surface area contributed by atoms with Crippen LogP contribution in [0.4, 0.5) is 10.5 Å². The largest absolute Gasteiger partial charge is 0.334 e. The van der Waals surface area contributed by atoms with E-state index >= 15 is 0 Å². The number of carbonyl (C=O) groups excluding carboxylic acids is 4. The van der Waals surface area contributed by atoms with Gasteiger partial charge in [0.2, 0.25) is 5.91 Å². The van der Waals surface area contributed by atoms with E-state index in [0.29, 0.717) is 15.5 Å².